The molecule has 2 heterocycles. The van der Waals surface area contributed by atoms with Crippen molar-refractivity contribution in [3.05, 3.63) is 35.7 Å². The number of nitrogens with zero attached hydrogens (tertiary/aromatic N) is 3. The Labute approximate surface area is 129 Å². The standard InChI is InChI=1S/C13H12N6O2S/c14-12-11(18-21-19-12)9-7-22-13(16-9)17-10(20)6-15-8-4-2-1-3-5-8/h1-5,7,15H,6H2,(H2,14,19)(H,16,17,20). The van der Waals surface area contributed by atoms with E-state index in [1.54, 1.807) is 5.38 Å². The molecule has 3 rings (SSSR count). The van der Waals surface area contributed by atoms with Crippen LogP contribution in [0.5, 0.6) is 0 Å². The maximum absolute atomic E-state index is 11.9. The lowest BCUT2D eigenvalue weighted by Gasteiger charge is -2.05. The van der Waals surface area contributed by atoms with Gasteiger partial charge in [-0.1, -0.05) is 18.2 Å². The summed E-state index contributed by atoms with van der Waals surface area (Å²) >= 11 is 1.27. The van der Waals surface area contributed by atoms with Gasteiger partial charge in [0.15, 0.2) is 16.6 Å². The third-order valence-corrected chi connectivity index (χ3v) is 3.49. The first-order valence-electron chi connectivity index (χ1n) is 6.35. The van der Waals surface area contributed by atoms with Crippen molar-refractivity contribution in [1.82, 2.24) is 15.3 Å². The Morgan fingerprint density at radius 1 is 1.27 bits per heavy atom. The van der Waals surface area contributed by atoms with Crippen molar-refractivity contribution in [2.75, 3.05) is 22.9 Å². The van der Waals surface area contributed by atoms with Gasteiger partial charge in [-0.3, -0.25) is 4.79 Å². The quantitative estimate of drug-likeness (QED) is 0.657. The maximum Gasteiger partial charge on any atom is 0.245 e. The third kappa shape index (κ3) is 3.20. The topological polar surface area (TPSA) is 119 Å². The number of para-hydroxylation sites is 1. The van der Waals surface area contributed by atoms with Crippen molar-refractivity contribution in [2.24, 2.45) is 0 Å². The number of benzene rings is 1. The minimum absolute atomic E-state index is 0.145. The molecule has 0 spiro atoms. The van der Waals surface area contributed by atoms with E-state index in [2.05, 4.69) is 30.6 Å². The molecular weight excluding hydrogens is 304 g/mol. The molecule has 1 amide bonds. The molecule has 22 heavy (non-hydrogen) atoms. The summed E-state index contributed by atoms with van der Waals surface area (Å²) in [6.45, 7) is 0.145. The molecule has 2 aromatic heterocycles. The Balaban J connectivity index is 1.58. The molecule has 3 aromatic rings. The van der Waals surface area contributed by atoms with Gasteiger partial charge in [0, 0.05) is 11.1 Å². The van der Waals surface area contributed by atoms with Crippen LogP contribution in [0, 0.1) is 0 Å². The highest BCUT2D eigenvalue weighted by Crippen LogP contribution is 2.26. The summed E-state index contributed by atoms with van der Waals surface area (Å²) in [6.07, 6.45) is 0. The van der Waals surface area contributed by atoms with E-state index in [1.807, 2.05) is 30.3 Å². The zero-order valence-corrected chi connectivity index (χ0v) is 12.1. The first-order valence-corrected chi connectivity index (χ1v) is 7.23. The van der Waals surface area contributed by atoms with Crippen LogP contribution < -0.4 is 16.4 Å². The van der Waals surface area contributed by atoms with E-state index < -0.39 is 0 Å². The second-order valence-electron chi connectivity index (χ2n) is 4.30. The molecule has 0 fully saturated rings. The number of carbonyl (C=O) groups is 1. The van der Waals surface area contributed by atoms with Gasteiger partial charge in [0.2, 0.25) is 5.91 Å². The number of rotatable bonds is 5. The van der Waals surface area contributed by atoms with Crippen LogP contribution in [-0.2, 0) is 4.79 Å². The number of amides is 1. The van der Waals surface area contributed by atoms with Crippen LogP contribution in [0.15, 0.2) is 40.3 Å². The number of nitrogen functional groups attached to an aromatic ring is 1. The predicted molar refractivity (Wildman–Crippen MR) is 83.4 cm³/mol. The summed E-state index contributed by atoms with van der Waals surface area (Å²) in [5.74, 6) is -0.0371. The number of carbonyl (C=O) groups excluding carboxylic acids is 1. The van der Waals surface area contributed by atoms with Crippen molar-refractivity contribution in [1.29, 1.82) is 0 Å². The van der Waals surface area contributed by atoms with Crippen LogP contribution in [0.1, 0.15) is 0 Å². The SMILES string of the molecule is Nc1nonc1-c1csc(NC(=O)CNc2ccccc2)n1. The van der Waals surface area contributed by atoms with Gasteiger partial charge < -0.3 is 16.4 Å². The fraction of sp³-hybridized carbons (Fsp3) is 0.0769. The van der Waals surface area contributed by atoms with Gasteiger partial charge in [0.1, 0.15) is 5.69 Å². The molecule has 0 unspecified atom stereocenters. The van der Waals surface area contributed by atoms with Crippen molar-refractivity contribution in [2.45, 2.75) is 0 Å². The Kier molecular flexibility index (Phi) is 3.97. The van der Waals surface area contributed by atoms with Crippen molar-refractivity contribution in [3.63, 3.8) is 0 Å². The van der Waals surface area contributed by atoms with Gasteiger partial charge in [-0.2, -0.15) is 0 Å². The highest BCUT2D eigenvalue weighted by Gasteiger charge is 2.14. The number of anilines is 3. The number of nitrogens with one attached hydrogen (secondary N) is 2. The summed E-state index contributed by atoms with van der Waals surface area (Å²) < 4.78 is 4.52. The Morgan fingerprint density at radius 2 is 2.09 bits per heavy atom. The number of hydrogen-bond acceptors (Lipinski definition) is 8. The van der Waals surface area contributed by atoms with Crippen LogP contribution in [-0.4, -0.2) is 27.7 Å². The van der Waals surface area contributed by atoms with Crippen molar-refractivity contribution < 1.29 is 9.42 Å². The van der Waals surface area contributed by atoms with E-state index in [0.717, 1.165) is 5.69 Å². The van der Waals surface area contributed by atoms with E-state index in [1.165, 1.54) is 11.3 Å². The molecule has 0 atom stereocenters. The van der Waals surface area contributed by atoms with Crippen LogP contribution in [0.4, 0.5) is 16.6 Å². The molecule has 4 N–H and O–H groups in total. The van der Waals surface area contributed by atoms with Crippen LogP contribution in [0.3, 0.4) is 0 Å². The van der Waals surface area contributed by atoms with Gasteiger partial charge in [-0.15, -0.1) is 11.3 Å². The summed E-state index contributed by atoms with van der Waals surface area (Å²) in [4.78, 5) is 16.1. The van der Waals surface area contributed by atoms with Crippen molar-refractivity contribution >= 4 is 33.9 Å². The largest absolute Gasteiger partial charge is 0.379 e. The maximum atomic E-state index is 11.9. The zero-order valence-electron chi connectivity index (χ0n) is 11.3. The van der Waals surface area contributed by atoms with E-state index in [9.17, 15) is 4.79 Å². The number of thiazole rings is 1. The molecule has 0 saturated heterocycles. The summed E-state index contributed by atoms with van der Waals surface area (Å²) in [5.41, 5.74) is 7.34. The average Bonchev–Trinajstić information content (AvgIpc) is 3.15. The molecule has 0 saturated carbocycles. The van der Waals surface area contributed by atoms with E-state index in [0.29, 0.717) is 16.5 Å². The fourth-order valence-corrected chi connectivity index (χ4v) is 2.43. The van der Waals surface area contributed by atoms with Crippen molar-refractivity contribution in [3.8, 4) is 11.4 Å². The predicted octanol–water partition coefficient (Wildman–Crippen LogP) is 1.83. The third-order valence-electron chi connectivity index (χ3n) is 2.73. The molecule has 9 heteroatoms. The second-order valence-corrected chi connectivity index (χ2v) is 5.16. The molecule has 0 aliphatic rings. The normalized spacial score (nSPS) is 10.4. The summed E-state index contributed by atoms with van der Waals surface area (Å²) in [7, 11) is 0. The van der Waals surface area contributed by atoms with Crippen LogP contribution >= 0.6 is 11.3 Å². The highest BCUT2D eigenvalue weighted by molar-refractivity contribution is 7.14. The lowest BCUT2D eigenvalue weighted by atomic mass is 10.3. The van der Waals surface area contributed by atoms with Gasteiger partial charge >= 0.3 is 0 Å². The lowest BCUT2D eigenvalue weighted by Crippen LogP contribution is -2.21. The molecule has 0 radical (unpaired) electrons. The highest BCUT2D eigenvalue weighted by atomic mass is 32.1. The summed E-state index contributed by atoms with van der Waals surface area (Å²) in [6, 6.07) is 9.46. The average molecular weight is 316 g/mol. The molecule has 1 aromatic carbocycles. The molecule has 0 aliphatic heterocycles. The lowest BCUT2D eigenvalue weighted by molar-refractivity contribution is -0.114. The van der Waals surface area contributed by atoms with E-state index >= 15 is 0 Å². The smallest absolute Gasteiger partial charge is 0.245 e. The van der Waals surface area contributed by atoms with Gasteiger partial charge in [-0.25, -0.2) is 9.61 Å². The van der Waals surface area contributed by atoms with Crippen LogP contribution in [0.25, 0.3) is 11.4 Å². The molecule has 0 bridgehead atoms. The molecule has 112 valence electrons. The Morgan fingerprint density at radius 3 is 2.82 bits per heavy atom. The van der Waals surface area contributed by atoms with Crippen LogP contribution in [0.2, 0.25) is 0 Å². The van der Waals surface area contributed by atoms with Gasteiger partial charge in [-0.05, 0) is 22.4 Å². The van der Waals surface area contributed by atoms with E-state index in [4.69, 9.17) is 5.73 Å². The minimum Gasteiger partial charge on any atom is -0.379 e. The molecule has 0 aliphatic carbocycles. The first kappa shape index (κ1) is 14.0. The summed E-state index contributed by atoms with van der Waals surface area (Å²) in [5, 5.41) is 15.0. The number of hydrogen-bond donors (Lipinski definition) is 3. The zero-order chi connectivity index (χ0) is 15.4. The monoisotopic (exact) mass is 316 g/mol. The molecular formula is C13H12N6O2S. The first-order chi connectivity index (χ1) is 10.7. The Bertz CT molecular complexity index is 770. The Hall–Kier alpha value is -2.94. The van der Waals surface area contributed by atoms with Gasteiger partial charge in [0.25, 0.3) is 0 Å². The fourth-order valence-electron chi connectivity index (χ4n) is 1.71. The van der Waals surface area contributed by atoms with Gasteiger partial charge in [0.05, 0.1) is 6.54 Å². The van der Waals surface area contributed by atoms with E-state index in [-0.39, 0.29) is 18.3 Å². The minimum atomic E-state index is -0.198. The number of aromatic nitrogens is 3. The second kappa shape index (κ2) is 6.22. The molecule has 8 nitrogen and oxygen atoms in total. The number of nitrogens with two attached hydrogens (primary N) is 1.